The third kappa shape index (κ3) is 3.32. The second-order valence-electron chi connectivity index (χ2n) is 4.14. The zero-order valence-electron chi connectivity index (χ0n) is 10.6. The Labute approximate surface area is 124 Å². The lowest BCUT2D eigenvalue weighted by Gasteiger charge is -2.14. The first-order chi connectivity index (χ1) is 8.60. The number of nitrogens with zero attached hydrogens (tertiary/aromatic N) is 2. The lowest BCUT2D eigenvalue weighted by molar-refractivity contribution is 0.662. The number of thiophene rings is 1. The Morgan fingerprint density at radius 1 is 1.56 bits per heavy atom. The van der Waals surface area contributed by atoms with Crippen molar-refractivity contribution in [2.45, 2.75) is 19.5 Å². The number of thiazole rings is 1. The summed E-state index contributed by atoms with van der Waals surface area (Å²) in [5, 5.41) is 6.41. The van der Waals surface area contributed by atoms with Gasteiger partial charge in [-0.3, -0.25) is 0 Å². The average Bonchev–Trinajstić information content (AvgIpc) is 2.97. The Balaban J connectivity index is 2.04. The monoisotopic (exact) mass is 345 g/mol. The molecule has 1 N–H and O–H groups in total. The largest absolute Gasteiger partial charge is 0.346 e. The van der Waals surface area contributed by atoms with Gasteiger partial charge in [0.2, 0.25) is 0 Å². The number of nitrogens with one attached hydrogen (secondary N) is 1. The van der Waals surface area contributed by atoms with Crippen LogP contribution in [0.15, 0.2) is 22.1 Å². The molecule has 1 unspecified atom stereocenters. The SMILES string of the molecule is CNC(C)c1cnc(N(C)Cc2cc(Br)cs2)s1. The minimum atomic E-state index is 0.362. The maximum atomic E-state index is 4.49. The normalized spacial score (nSPS) is 12.7. The molecule has 3 nitrogen and oxygen atoms in total. The summed E-state index contributed by atoms with van der Waals surface area (Å²) in [6.45, 7) is 3.05. The molecule has 2 heterocycles. The van der Waals surface area contributed by atoms with Crippen molar-refractivity contribution in [1.29, 1.82) is 0 Å². The van der Waals surface area contributed by atoms with Crippen molar-refractivity contribution in [3.8, 4) is 0 Å². The van der Waals surface area contributed by atoms with Gasteiger partial charge in [0.05, 0.1) is 6.54 Å². The molecule has 0 radical (unpaired) electrons. The van der Waals surface area contributed by atoms with E-state index in [0.717, 1.165) is 16.1 Å². The molecule has 0 aliphatic heterocycles. The fourth-order valence-corrected chi connectivity index (χ4v) is 3.97. The third-order valence-electron chi connectivity index (χ3n) is 2.71. The van der Waals surface area contributed by atoms with E-state index in [1.807, 2.05) is 13.2 Å². The van der Waals surface area contributed by atoms with Crippen molar-refractivity contribution in [3.63, 3.8) is 0 Å². The molecule has 0 spiro atoms. The maximum Gasteiger partial charge on any atom is 0.185 e. The van der Waals surface area contributed by atoms with Crippen molar-refractivity contribution < 1.29 is 0 Å². The van der Waals surface area contributed by atoms with E-state index in [1.54, 1.807) is 22.7 Å². The van der Waals surface area contributed by atoms with Gasteiger partial charge in [0.15, 0.2) is 5.13 Å². The van der Waals surface area contributed by atoms with Crippen molar-refractivity contribution >= 4 is 43.7 Å². The number of hydrogen-bond acceptors (Lipinski definition) is 5. The van der Waals surface area contributed by atoms with Crippen LogP contribution in [0.1, 0.15) is 22.7 Å². The number of aromatic nitrogens is 1. The lowest BCUT2D eigenvalue weighted by atomic mass is 10.3. The summed E-state index contributed by atoms with van der Waals surface area (Å²) >= 11 is 6.99. The molecule has 0 bridgehead atoms. The summed E-state index contributed by atoms with van der Waals surface area (Å²) in [5.41, 5.74) is 0. The summed E-state index contributed by atoms with van der Waals surface area (Å²) < 4.78 is 1.15. The molecule has 1 atom stereocenters. The number of hydrogen-bond donors (Lipinski definition) is 1. The highest BCUT2D eigenvalue weighted by Crippen LogP contribution is 2.28. The van der Waals surface area contributed by atoms with Gasteiger partial charge in [0, 0.05) is 38.9 Å². The predicted octanol–water partition coefficient (Wildman–Crippen LogP) is 3.88. The van der Waals surface area contributed by atoms with Crippen LogP contribution in [0, 0.1) is 0 Å². The molecular formula is C12H16BrN3S2. The van der Waals surface area contributed by atoms with Gasteiger partial charge in [0.25, 0.3) is 0 Å². The highest BCUT2D eigenvalue weighted by Gasteiger charge is 2.11. The van der Waals surface area contributed by atoms with Gasteiger partial charge in [0.1, 0.15) is 0 Å². The van der Waals surface area contributed by atoms with Gasteiger partial charge < -0.3 is 10.2 Å². The van der Waals surface area contributed by atoms with Gasteiger partial charge >= 0.3 is 0 Å². The molecule has 0 amide bonds. The van der Waals surface area contributed by atoms with Crippen LogP contribution < -0.4 is 10.2 Å². The van der Waals surface area contributed by atoms with Gasteiger partial charge in [-0.1, -0.05) is 0 Å². The van der Waals surface area contributed by atoms with E-state index in [9.17, 15) is 0 Å². The zero-order valence-corrected chi connectivity index (χ0v) is 13.8. The smallest absolute Gasteiger partial charge is 0.185 e. The summed E-state index contributed by atoms with van der Waals surface area (Å²) in [7, 11) is 4.05. The first kappa shape index (κ1) is 14.0. The molecule has 6 heteroatoms. The van der Waals surface area contributed by atoms with Gasteiger partial charge in [-0.25, -0.2) is 4.98 Å². The molecule has 2 aromatic rings. The Bertz CT molecular complexity index is 509. The minimum Gasteiger partial charge on any atom is -0.346 e. The summed E-state index contributed by atoms with van der Waals surface area (Å²) in [6.07, 6.45) is 1.96. The fraction of sp³-hybridized carbons (Fsp3) is 0.417. The van der Waals surface area contributed by atoms with E-state index in [4.69, 9.17) is 0 Å². The van der Waals surface area contributed by atoms with E-state index in [1.165, 1.54) is 9.75 Å². The first-order valence-electron chi connectivity index (χ1n) is 5.67. The van der Waals surface area contributed by atoms with Crippen LogP contribution in [0.25, 0.3) is 0 Å². The minimum absolute atomic E-state index is 0.362. The molecule has 0 aromatic carbocycles. The topological polar surface area (TPSA) is 28.2 Å². The highest BCUT2D eigenvalue weighted by atomic mass is 79.9. The Hall–Kier alpha value is -0.430. The van der Waals surface area contributed by atoms with E-state index >= 15 is 0 Å². The summed E-state index contributed by atoms with van der Waals surface area (Å²) in [5.74, 6) is 0. The molecule has 98 valence electrons. The van der Waals surface area contributed by atoms with Crippen LogP contribution in [-0.4, -0.2) is 19.1 Å². The van der Waals surface area contributed by atoms with Crippen LogP contribution in [0.3, 0.4) is 0 Å². The molecule has 0 saturated heterocycles. The van der Waals surface area contributed by atoms with Gasteiger partial charge in [-0.2, -0.15) is 0 Å². The fourth-order valence-electron chi connectivity index (χ4n) is 1.53. The Kier molecular flexibility index (Phi) is 4.77. The zero-order chi connectivity index (χ0) is 13.1. The highest BCUT2D eigenvalue weighted by molar-refractivity contribution is 9.10. The van der Waals surface area contributed by atoms with E-state index < -0.39 is 0 Å². The van der Waals surface area contributed by atoms with Crippen molar-refractivity contribution in [2.24, 2.45) is 0 Å². The Morgan fingerprint density at radius 2 is 2.33 bits per heavy atom. The van der Waals surface area contributed by atoms with Crippen molar-refractivity contribution in [1.82, 2.24) is 10.3 Å². The third-order valence-corrected chi connectivity index (χ3v) is 5.69. The number of rotatable bonds is 5. The lowest BCUT2D eigenvalue weighted by Crippen LogP contribution is -2.15. The average molecular weight is 346 g/mol. The molecule has 0 fully saturated rings. The second-order valence-corrected chi connectivity index (χ2v) is 7.10. The van der Waals surface area contributed by atoms with Crippen LogP contribution in [0.4, 0.5) is 5.13 Å². The Morgan fingerprint density at radius 3 is 2.94 bits per heavy atom. The van der Waals surface area contributed by atoms with Crippen LogP contribution in [0.2, 0.25) is 0 Å². The molecule has 2 aromatic heterocycles. The maximum absolute atomic E-state index is 4.49. The molecule has 2 rings (SSSR count). The molecular weight excluding hydrogens is 330 g/mol. The summed E-state index contributed by atoms with van der Waals surface area (Å²) in [6, 6.07) is 2.52. The van der Waals surface area contributed by atoms with Crippen LogP contribution in [0.5, 0.6) is 0 Å². The molecule has 0 aliphatic carbocycles. The first-order valence-corrected chi connectivity index (χ1v) is 8.16. The van der Waals surface area contributed by atoms with E-state index in [0.29, 0.717) is 6.04 Å². The van der Waals surface area contributed by atoms with Gasteiger partial charge in [-0.05, 0) is 36.0 Å². The van der Waals surface area contributed by atoms with Crippen LogP contribution in [-0.2, 0) is 6.54 Å². The molecule has 18 heavy (non-hydrogen) atoms. The van der Waals surface area contributed by atoms with E-state index in [-0.39, 0.29) is 0 Å². The van der Waals surface area contributed by atoms with Gasteiger partial charge in [-0.15, -0.1) is 22.7 Å². The molecule has 0 aliphatic rings. The number of anilines is 1. The van der Waals surface area contributed by atoms with Crippen molar-refractivity contribution in [3.05, 3.63) is 31.9 Å². The molecule has 0 saturated carbocycles. The quantitative estimate of drug-likeness (QED) is 0.890. The van der Waals surface area contributed by atoms with E-state index in [2.05, 4.69) is 56.5 Å². The van der Waals surface area contributed by atoms with Crippen LogP contribution >= 0.6 is 38.6 Å². The summed E-state index contributed by atoms with van der Waals surface area (Å²) in [4.78, 5) is 9.28. The second kappa shape index (κ2) is 6.14. The standard InChI is InChI=1S/C12H16BrN3S2/c1-8(14-2)11-5-15-12(18-11)16(3)6-10-4-9(13)7-17-10/h4-5,7-8,14H,6H2,1-3H3. The number of halogens is 1. The van der Waals surface area contributed by atoms with Crippen molar-refractivity contribution in [2.75, 3.05) is 19.0 Å². The predicted molar refractivity (Wildman–Crippen MR) is 83.7 cm³/mol.